The SMILES string of the molecule is CO[C@@H]1O[C@@H]2COC(c3ccccc3)O[C@H]2[C@@H]([N+]2([O-])CCOCC2)[C@@H]1O. The molecule has 3 aliphatic heterocycles. The maximum atomic E-state index is 13.5. The van der Waals surface area contributed by atoms with Gasteiger partial charge in [-0.3, -0.25) is 0 Å². The van der Waals surface area contributed by atoms with Crippen LogP contribution in [0.5, 0.6) is 0 Å². The fourth-order valence-corrected chi connectivity index (χ4v) is 4.05. The number of quaternary nitrogens is 1. The highest BCUT2D eigenvalue weighted by Crippen LogP contribution is 2.38. The van der Waals surface area contributed by atoms with E-state index in [1.807, 2.05) is 30.3 Å². The molecule has 6 atom stereocenters. The van der Waals surface area contributed by atoms with Crippen molar-refractivity contribution in [3.63, 3.8) is 0 Å². The van der Waals surface area contributed by atoms with Gasteiger partial charge in [0.15, 0.2) is 18.7 Å². The van der Waals surface area contributed by atoms with Gasteiger partial charge in [-0.2, -0.15) is 0 Å². The minimum Gasteiger partial charge on any atom is -0.632 e. The lowest BCUT2D eigenvalue weighted by Crippen LogP contribution is -2.73. The van der Waals surface area contributed by atoms with Crippen molar-refractivity contribution in [1.82, 2.24) is 0 Å². The van der Waals surface area contributed by atoms with E-state index in [-0.39, 0.29) is 19.7 Å². The second kappa shape index (κ2) is 7.49. The topological polar surface area (TPSA) is 89.4 Å². The first-order valence-electron chi connectivity index (χ1n) is 8.96. The van der Waals surface area contributed by atoms with Gasteiger partial charge < -0.3 is 38.6 Å². The summed E-state index contributed by atoms with van der Waals surface area (Å²) in [6.45, 7) is 1.52. The molecule has 1 aromatic carbocycles. The van der Waals surface area contributed by atoms with Crippen molar-refractivity contribution < 1.29 is 33.4 Å². The van der Waals surface area contributed by atoms with Gasteiger partial charge in [0.05, 0.1) is 19.8 Å². The maximum Gasteiger partial charge on any atom is 0.189 e. The molecule has 0 aromatic heterocycles. The summed E-state index contributed by atoms with van der Waals surface area (Å²) < 4.78 is 27.8. The van der Waals surface area contributed by atoms with Crippen LogP contribution in [0.25, 0.3) is 0 Å². The molecule has 8 nitrogen and oxygen atoms in total. The number of morpholine rings is 1. The molecule has 3 saturated heterocycles. The number of methoxy groups -OCH3 is 1. The van der Waals surface area contributed by atoms with E-state index in [0.717, 1.165) is 5.56 Å². The molecular formula is C18H25NO7. The Bertz CT molecular complexity index is 594. The lowest BCUT2D eigenvalue weighted by Gasteiger charge is -2.58. The minimum atomic E-state index is -1.09. The van der Waals surface area contributed by atoms with Crippen LogP contribution < -0.4 is 0 Å². The van der Waals surface area contributed by atoms with Crippen LogP contribution in [-0.4, -0.2) is 80.4 Å². The van der Waals surface area contributed by atoms with Crippen LogP contribution in [0.2, 0.25) is 0 Å². The van der Waals surface area contributed by atoms with E-state index < -0.39 is 41.6 Å². The zero-order chi connectivity index (χ0) is 18.1. The molecule has 0 amide bonds. The Morgan fingerprint density at radius 1 is 1.15 bits per heavy atom. The van der Waals surface area contributed by atoms with Crippen molar-refractivity contribution in [3.05, 3.63) is 41.1 Å². The highest BCUT2D eigenvalue weighted by molar-refractivity contribution is 5.16. The largest absolute Gasteiger partial charge is 0.632 e. The van der Waals surface area contributed by atoms with Crippen molar-refractivity contribution in [2.45, 2.75) is 36.9 Å². The van der Waals surface area contributed by atoms with Gasteiger partial charge in [-0.1, -0.05) is 30.3 Å². The highest BCUT2D eigenvalue weighted by atomic mass is 16.7. The van der Waals surface area contributed by atoms with Crippen molar-refractivity contribution in [2.75, 3.05) is 40.0 Å². The Hall–Kier alpha value is -1.10. The van der Waals surface area contributed by atoms with Gasteiger partial charge >= 0.3 is 0 Å². The molecule has 0 bridgehead atoms. The molecule has 144 valence electrons. The van der Waals surface area contributed by atoms with Gasteiger partial charge in [-0.15, -0.1) is 0 Å². The van der Waals surface area contributed by atoms with Crippen molar-refractivity contribution in [1.29, 1.82) is 0 Å². The van der Waals surface area contributed by atoms with Crippen LogP contribution in [0.1, 0.15) is 11.9 Å². The molecule has 0 saturated carbocycles. The number of aliphatic hydroxyl groups is 1. The molecule has 3 aliphatic rings. The fraction of sp³-hybridized carbons (Fsp3) is 0.667. The highest BCUT2D eigenvalue weighted by Gasteiger charge is 2.56. The molecule has 3 heterocycles. The smallest absolute Gasteiger partial charge is 0.189 e. The van der Waals surface area contributed by atoms with Crippen LogP contribution in [0.3, 0.4) is 0 Å². The van der Waals surface area contributed by atoms with Crippen molar-refractivity contribution >= 4 is 0 Å². The van der Waals surface area contributed by atoms with Crippen LogP contribution in [-0.2, 0) is 23.7 Å². The Labute approximate surface area is 152 Å². The van der Waals surface area contributed by atoms with Gasteiger partial charge in [-0.25, -0.2) is 0 Å². The third kappa shape index (κ3) is 3.28. The van der Waals surface area contributed by atoms with Crippen molar-refractivity contribution in [2.24, 2.45) is 0 Å². The molecule has 0 spiro atoms. The number of hydroxylamine groups is 3. The lowest BCUT2D eigenvalue weighted by molar-refractivity contribution is -0.924. The number of hydrogen-bond donors (Lipinski definition) is 1. The third-order valence-electron chi connectivity index (χ3n) is 5.41. The van der Waals surface area contributed by atoms with Crippen LogP contribution in [0.15, 0.2) is 30.3 Å². The first-order valence-corrected chi connectivity index (χ1v) is 8.96. The van der Waals surface area contributed by atoms with Gasteiger partial charge in [0.25, 0.3) is 0 Å². The molecule has 4 rings (SSSR count). The second-order valence-electron chi connectivity index (χ2n) is 6.95. The van der Waals surface area contributed by atoms with Crippen LogP contribution in [0.4, 0.5) is 0 Å². The van der Waals surface area contributed by atoms with Gasteiger partial charge in [0.2, 0.25) is 0 Å². The summed E-state index contributed by atoms with van der Waals surface area (Å²) in [4.78, 5) is 0. The monoisotopic (exact) mass is 367 g/mol. The van der Waals surface area contributed by atoms with Crippen LogP contribution >= 0.6 is 0 Å². The number of nitrogens with zero attached hydrogens (tertiary/aromatic N) is 1. The third-order valence-corrected chi connectivity index (χ3v) is 5.41. The summed E-state index contributed by atoms with van der Waals surface area (Å²) in [7, 11) is 1.46. The molecule has 1 N–H and O–H groups in total. The summed E-state index contributed by atoms with van der Waals surface area (Å²) in [5.41, 5.74) is 0.868. The summed E-state index contributed by atoms with van der Waals surface area (Å²) in [6.07, 6.45) is -3.63. The standard InChI is InChI=1S/C18H25NO7/c1-22-18-15(20)14(19(21)7-9-23-10-8-19)16-13(25-18)11-24-17(26-16)12-5-3-2-4-6-12/h2-6,13-18,20H,7-11H2,1H3/t13-,14+,15+,16-,17?,18-/m1/s1. The minimum absolute atomic E-state index is 0.265. The molecular weight excluding hydrogens is 342 g/mol. The quantitative estimate of drug-likeness (QED) is 0.616. The number of benzene rings is 1. The normalized spacial score (nSPS) is 40.0. The molecule has 0 aliphatic carbocycles. The molecule has 1 aromatic rings. The molecule has 26 heavy (non-hydrogen) atoms. The average Bonchev–Trinajstić information content (AvgIpc) is 2.68. The Kier molecular flexibility index (Phi) is 5.27. The summed E-state index contributed by atoms with van der Waals surface area (Å²) >= 11 is 0. The van der Waals surface area contributed by atoms with Crippen molar-refractivity contribution in [3.8, 4) is 0 Å². The average molecular weight is 367 g/mol. The Morgan fingerprint density at radius 2 is 1.88 bits per heavy atom. The second-order valence-corrected chi connectivity index (χ2v) is 6.95. The van der Waals surface area contributed by atoms with E-state index in [1.54, 1.807) is 0 Å². The Morgan fingerprint density at radius 3 is 2.58 bits per heavy atom. The molecule has 0 radical (unpaired) electrons. The van der Waals surface area contributed by atoms with Gasteiger partial charge in [0, 0.05) is 12.7 Å². The molecule has 8 heteroatoms. The maximum absolute atomic E-state index is 13.5. The predicted octanol–water partition coefficient (Wildman–Crippen LogP) is 0.546. The first kappa shape index (κ1) is 18.3. The van der Waals surface area contributed by atoms with E-state index in [0.29, 0.717) is 13.2 Å². The van der Waals surface area contributed by atoms with Gasteiger partial charge in [-0.05, 0) is 0 Å². The van der Waals surface area contributed by atoms with E-state index in [4.69, 9.17) is 23.7 Å². The zero-order valence-electron chi connectivity index (χ0n) is 14.7. The summed E-state index contributed by atoms with van der Waals surface area (Å²) in [5.74, 6) is 0. The number of fused-ring (bicyclic) bond motifs is 1. The number of ether oxygens (including phenoxy) is 5. The number of hydrogen-bond acceptors (Lipinski definition) is 7. The van der Waals surface area contributed by atoms with E-state index >= 15 is 0 Å². The van der Waals surface area contributed by atoms with E-state index in [2.05, 4.69) is 0 Å². The number of aliphatic hydroxyl groups excluding tert-OH is 1. The first-order chi connectivity index (χ1) is 12.6. The van der Waals surface area contributed by atoms with E-state index in [9.17, 15) is 10.3 Å². The van der Waals surface area contributed by atoms with E-state index in [1.165, 1.54) is 7.11 Å². The molecule has 3 fully saturated rings. The predicted molar refractivity (Wildman–Crippen MR) is 89.7 cm³/mol. The lowest BCUT2D eigenvalue weighted by atomic mass is 9.92. The molecule has 1 unspecified atom stereocenters. The Balaban J connectivity index is 1.62. The number of rotatable bonds is 3. The van der Waals surface area contributed by atoms with Gasteiger partial charge in [0.1, 0.15) is 31.3 Å². The summed E-state index contributed by atoms with van der Waals surface area (Å²) in [5, 5.41) is 24.3. The van der Waals surface area contributed by atoms with Crippen LogP contribution in [0, 0.1) is 5.21 Å². The fourth-order valence-electron chi connectivity index (χ4n) is 4.05. The summed E-state index contributed by atoms with van der Waals surface area (Å²) in [6, 6.07) is 8.82. The zero-order valence-corrected chi connectivity index (χ0v) is 14.7.